The standard InChI is InChI=1S/C15H17N5O3S/c1-3-19-12(21)11-9(2)10(8-18-7-5-17-14(18)22)24-13(11)20(6-4-16)15(19)23/h3,5-8H2,1-2H3,(H,17,22). The van der Waals surface area contributed by atoms with Crippen molar-refractivity contribution >= 4 is 27.6 Å². The van der Waals surface area contributed by atoms with E-state index in [0.717, 1.165) is 15.0 Å². The molecule has 3 heterocycles. The Morgan fingerprint density at radius 1 is 1.29 bits per heavy atom. The van der Waals surface area contributed by atoms with Crippen molar-refractivity contribution in [1.29, 1.82) is 5.26 Å². The average Bonchev–Trinajstić information content (AvgIpc) is 3.09. The van der Waals surface area contributed by atoms with E-state index in [-0.39, 0.29) is 24.7 Å². The molecule has 0 saturated carbocycles. The number of aromatic nitrogens is 2. The zero-order chi connectivity index (χ0) is 17.4. The van der Waals surface area contributed by atoms with Gasteiger partial charge in [-0.3, -0.25) is 13.9 Å². The third-order valence-corrected chi connectivity index (χ3v) is 5.52. The number of carbonyl (C=O) groups is 1. The minimum Gasteiger partial charge on any atom is -0.336 e. The van der Waals surface area contributed by atoms with Gasteiger partial charge in [-0.1, -0.05) is 0 Å². The lowest BCUT2D eigenvalue weighted by Crippen LogP contribution is -2.39. The van der Waals surface area contributed by atoms with Crippen LogP contribution in [-0.4, -0.2) is 33.2 Å². The van der Waals surface area contributed by atoms with Crippen molar-refractivity contribution in [2.75, 3.05) is 13.1 Å². The minimum absolute atomic E-state index is 0.112. The Bertz CT molecular complexity index is 978. The monoisotopic (exact) mass is 347 g/mol. The molecule has 24 heavy (non-hydrogen) atoms. The van der Waals surface area contributed by atoms with Gasteiger partial charge in [0.1, 0.15) is 11.4 Å². The molecule has 1 aliphatic heterocycles. The largest absolute Gasteiger partial charge is 0.336 e. The molecule has 126 valence electrons. The normalized spacial score (nSPS) is 14.2. The lowest BCUT2D eigenvalue weighted by Gasteiger charge is -2.12. The van der Waals surface area contributed by atoms with E-state index in [9.17, 15) is 14.4 Å². The molecule has 0 atom stereocenters. The zero-order valence-corrected chi connectivity index (χ0v) is 14.3. The predicted octanol–water partition coefficient (Wildman–Crippen LogP) is 0.602. The number of nitrogens with one attached hydrogen (secondary N) is 1. The summed E-state index contributed by atoms with van der Waals surface area (Å²) in [5, 5.41) is 12.2. The molecule has 3 rings (SSSR count). The van der Waals surface area contributed by atoms with Crippen LogP contribution in [0.2, 0.25) is 0 Å². The van der Waals surface area contributed by atoms with E-state index in [0.29, 0.717) is 29.9 Å². The average molecular weight is 347 g/mol. The smallest absolute Gasteiger partial charge is 0.333 e. The number of hydrogen-bond donors (Lipinski definition) is 1. The van der Waals surface area contributed by atoms with Gasteiger partial charge in [-0.2, -0.15) is 5.26 Å². The first-order valence-corrected chi connectivity index (χ1v) is 8.46. The highest BCUT2D eigenvalue weighted by molar-refractivity contribution is 7.18. The van der Waals surface area contributed by atoms with Crippen LogP contribution in [-0.2, 0) is 19.6 Å². The second-order valence-electron chi connectivity index (χ2n) is 5.56. The van der Waals surface area contributed by atoms with Crippen LogP contribution in [0.15, 0.2) is 9.59 Å². The number of hydrogen-bond acceptors (Lipinski definition) is 5. The highest BCUT2D eigenvalue weighted by Crippen LogP contribution is 2.29. The topological polar surface area (TPSA) is 100 Å². The molecule has 2 amide bonds. The Morgan fingerprint density at radius 2 is 2.04 bits per heavy atom. The van der Waals surface area contributed by atoms with E-state index in [1.54, 1.807) is 11.8 Å². The molecule has 0 bridgehead atoms. The number of aryl methyl sites for hydroxylation is 1. The van der Waals surface area contributed by atoms with Crippen LogP contribution in [0.5, 0.6) is 0 Å². The lowest BCUT2D eigenvalue weighted by atomic mass is 10.2. The second-order valence-corrected chi connectivity index (χ2v) is 6.64. The molecule has 1 aliphatic rings. The van der Waals surface area contributed by atoms with Crippen LogP contribution >= 0.6 is 11.3 Å². The number of nitriles is 1. The maximum atomic E-state index is 12.7. The molecule has 1 N–H and O–H groups in total. The summed E-state index contributed by atoms with van der Waals surface area (Å²) >= 11 is 1.30. The van der Waals surface area contributed by atoms with Gasteiger partial charge in [-0.05, 0) is 19.4 Å². The molecule has 1 saturated heterocycles. The zero-order valence-electron chi connectivity index (χ0n) is 13.5. The quantitative estimate of drug-likeness (QED) is 0.875. The third kappa shape index (κ3) is 2.39. The molecule has 8 nitrogen and oxygen atoms in total. The Balaban J connectivity index is 2.23. The van der Waals surface area contributed by atoms with Gasteiger partial charge in [-0.15, -0.1) is 11.3 Å². The number of urea groups is 1. The Labute approximate surface area is 141 Å². The molecular formula is C15H17N5O3S. The van der Waals surface area contributed by atoms with E-state index in [1.165, 1.54) is 15.9 Å². The van der Waals surface area contributed by atoms with Crippen LogP contribution in [0.3, 0.4) is 0 Å². The van der Waals surface area contributed by atoms with Gasteiger partial charge < -0.3 is 10.2 Å². The molecule has 0 aliphatic carbocycles. The van der Waals surface area contributed by atoms with Crippen molar-refractivity contribution < 1.29 is 4.79 Å². The Hall–Kier alpha value is -2.60. The van der Waals surface area contributed by atoms with Gasteiger partial charge in [0.05, 0.1) is 18.0 Å². The number of fused-ring (bicyclic) bond motifs is 1. The van der Waals surface area contributed by atoms with E-state index >= 15 is 0 Å². The predicted molar refractivity (Wildman–Crippen MR) is 90.2 cm³/mol. The minimum atomic E-state index is -0.469. The number of thiophene rings is 1. The maximum Gasteiger partial charge on any atom is 0.333 e. The highest BCUT2D eigenvalue weighted by atomic mass is 32.1. The summed E-state index contributed by atoms with van der Waals surface area (Å²) in [5.41, 5.74) is -0.0329. The molecule has 0 spiro atoms. The van der Waals surface area contributed by atoms with E-state index < -0.39 is 5.69 Å². The molecule has 1 fully saturated rings. The number of carbonyl (C=O) groups excluding carboxylic acids is 1. The third-order valence-electron chi connectivity index (χ3n) is 4.22. The molecule has 0 aromatic carbocycles. The van der Waals surface area contributed by atoms with Gasteiger partial charge in [0.25, 0.3) is 5.56 Å². The summed E-state index contributed by atoms with van der Waals surface area (Å²) in [6.45, 7) is 5.29. The molecule has 9 heteroatoms. The molecule has 2 aromatic heterocycles. The van der Waals surface area contributed by atoms with Crippen molar-refractivity contribution in [1.82, 2.24) is 19.4 Å². The number of rotatable bonds is 4. The maximum absolute atomic E-state index is 12.7. The van der Waals surface area contributed by atoms with Crippen LogP contribution in [0.1, 0.15) is 17.4 Å². The Morgan fingerprint density at radius 3 is 2.62 bits per heavy atom. The van der Waals surface area contributed by atoms with Crippen molar-refractivity contribution in [3.63, 3.8) is 0 Å². The highest BCUT2D eigenvalue weighted by Gasteiger charge is 2.24. The van der Waals surface area contributed by atoms with Crippen molar-refractivity contribution in [3.8, 4) is 6.07 Å². The first-order chi connectivity index (χ1) is 11.5. The van der Waals surface area contributed by atoms with Crippen LogP contribution < -0.4 is 16.6 Å². The summed E-state index contributed by atoms with van der Waals surface area (Å²) in [7, 11) is 0. The SMILES string of the molecule is CCn1c(=O)c2c(C)c(CN3CCNC3=O)sc2n(CC#N)c1=O. The van der Waals surface area contributed by atoms with Crippen LogP contribution in [0.25, 0.3) is 10.2 Å². The number of amides is 2. The van der Waals surface area contributed by atoms with Crippen molar-refractivity contribution in [2.45, 2.75) is 33.5 Å². The summed E-state index contributed by atoms with van der Waals surface area (Å²) in [6, 6.07) is 1.84. The summed E-state index contributed by atoms with van der Waals surface area (Å²) < 4.78 is 2.48. The van der Waals surface area contributed by atoms with Gasteiger partial charge in [0.15, 0.2) is 0 Å². The molecule has 2 aromatic rings. The second kappa shape index (κ2) is 6.13. The van der Waals surface area contributed by atoms with E-state index in [2.05, 4.69) is 5.32 Å². The fourth-order valence-corrected chi connectivity index (χ4v) is 4.22. The van der Waals surface area contributed by atoms with Crippen molar-refractivity contribution in [2.24, 2.45) is 0 Å². The molecule has 0 unspecified atom stereocenters. The van der Waals surface area contributed by atoms with Crippen molar-refractivity contribution in [3.05, 3.63) is 31.3 Å². The first kappa shape index (κ1) is 16.3. The van der Waals surface area contributed by atoms with Gasteiger partial charge in [0.2, 0.25) is 0 Å². The van der Waals surface area contributed by atoms with E-state index in [4.69, 9.17) is 5.26 Å². The summed E-state index contributed by atoms with van der Waals surface area (Å²) in [4.78, 5) is 39.9. The fraction of sp³-hybridized carbons (Fsp3) is 0.467. The molecular weight excluding hydrogens is 330 g/mol. The molecule has 0 radical (unpaired) electrons. The van der Waals surface area contributed by atoms with Gasteiger partial charge in [-0.25, -0.2) is 9.59 Å². The number of nitrogens with zero attached hydrogens (tertiary/aromatic N) is 4. The Kier molecular flexibility index (Phi) is 4.15. The fourth-order valence-electron chi connectivity index (χ4n) is 2.92. The van der Waals surface area contributed by atoms with Crippen LogP contribution in [0.4, 0.5) is 4.79 Å². The summed E-state index contributed by atoms with van der Waals surface area (Å²) in [6.07, 6.45) is 0. The first-order valence-electron chi connectivity index (χ1n) is 7.64. The lowest BCUT2D eigenvalue weighted by molar-refractivity contribution is 0.216. The van der Waals surface area contributed by atoms with Gasteiger partial charge in [0, 0.05) is 24.5 Å². The van der Waals surface area contributed by atoms with Crippen LogP contribution in [0, 0.1) is 18.3 Å². The summed E-state index contributed by atoms with van der Waals surface area (Å²) in [5.74, 6) is 0. The van der Waals surface area contributed by atoms with E-state index in [1.807, 2.05) is 13.0 Å². The van der Waals surface area contributed by atoms with Gasteiger partial charge >= 0.3 is 11.7 Å².